The zero-order chi connectivity index (χ0) is 40.1. The zero-order valence-electron chi connectivity index (χ0n) is 31.7. The second-order valence-electron chi connectivity index (χ2n) is 14.7. The Bertz CT molecular complexity index is 1540. The molecule has 298 valence electrons. The summed E-state index contributed by atoms with van der Waals surface area (Å²) < 4.78 is 0. The molecule has 54 heavy (non-hydrogen) atoms. The van der Waals surface area contributed by atoms with Crippen molar-refractivity contribution in [2.24, 2.45) is 28.5 Å². The monoisotopic (exact) mass is 760 g/mol. The molecule has 0 radical (unpaired) electrons. The van der Waals surface area contributed by atoms with E-state index < -0.39 is 96.7 Å². The number of primary amides is 1. The van der Waals surface area contributed by atoms with Gasteiger partial charge in [-0.15, -0.1) is 0 Å². The highest BCUT2D eigenvalue weighted by molar-refractivity contribution is 5.97. The minimum atomic E-state index is -1.44. The maximum atomic E-state index is 13.9. The molecule has 2 aliphatic heterocycles. The zero-order valence-corrected chi connectivity index (χ0v) is 31.7. The van der Waals surface area contributed by atoms with Crippen molar-refractivity contribution in [3.63, 3.8) is 0 Å². The summed E-state index contributed by atoms with van der Waals surface area (Å²) in [6, 6.07) is -0.503. The summed E-state index contributed by atoms with van der Waals surface area (Å²) in [4.78, 5) is 99.3. The number of nitrogens with zero attached hydrogens (tertiary/aromatic N) is 2. The molecular formula is C37H56N8O9. The summed E-state index contributed by atoms with van der Waals surface area (Å²) in [5.41, 5.74) is 5.99. The topological polar surface area (TPSA) is 262 Å². The number of aromatic hydroxyl groups is 1. The number of phenols is 1. The van der Waals surface area contributed by atoms with Gasteiger partial charge in [0.05, 0.1) is 19.2 Å². The fourth-order valence-electron chi connectivity index (χ4n) is 6.45. The number of hydrogen-bond acceptors (Lipinski definition) is 10. The van der Waals surface area contributed by atoms with E-state index in [9.17, 15) is 43.8 Å². The number of aliphatic hydroxyl groups excluding tert-OH is 1. The van der Waals surface area contributed by atoms with Gasteiger partial charge in [0.25, 0.3) is 0 Å². The van der Waals surface area contributed by atoms with Crippen molar-refractivity contribution in [3.05, 3.63) is 29.8 Å². The molecule has 7 amide bonds. The predicted molar refractivity (Wildman–Crippen MR) is 199 cm³/mol. The van der Waals surface area contributed by atoms with Gasteiger partial charge in [-0.2, -0.15) is 0 Å². The average Bonchev–Trinajstić information content (AvgIpc) is 3.52. The highest BCUT2D eigenvalue weighted by atomic mass is 16.3. The fourth-order valence-corrected chi connectivity index (χ4v) is 6.45. The Morgan fingerprint density at radius 3 is 2.24 bits per heavy atom. The van der Waals surface area contributed by atoms with E-state index >= 15 is 0 Å². The quantitative estimate of drug-likeness (QED) is 0.136. The van der Waals surface area contributed by atoms with E-state index in [-0.39, 0.29) is 43.4 Å². The Morgan fingerprint density at radius 1 is 0.944 bits per heavy atom. The van der Waals surface area contributed by atoms with Crippen LogP contribution in [0, 0.1) is 17.8 Å². The molecule has 0 bridgehead atoms. The highest BCUT2D eigenvalue weighted by Crippen LogP contribution is 2.25. The molecule has 1 fully saturated rings. The van der Waals surface area contributed by atoms with Crippen LogP contribution in [0.15, 0.2) is 29.3 Å². The number of hydrogen-bond donors (Lipinski definition) is 8. The van der Waals surface area contributed by atoms with Gasteiger partial charge in [0, 0.05) is 25.6 Å². The Morgan fingerprint density at radius 2 is 1.63 bits per heavy atom. The molecule has 8 atom stereocenters. The molecule has 0 unspecified atom stereocenters. The van der Waals surface area contributed by atoms with Crippen LogP contribution in [0.3, 0.4) is 0 Å². The molecular weight excluding hydrogens is 704 g/mol. The van der Waals surface area contributed by atoms with Crippen LogP contribution >= 0.6 is 0 Å². The van der Waals surface area contributed by atoms with Crippen molar-refractivity contribution in [1.29, 1.82) is 0 Å². The maximum Gasteiger partial charge on any atom is 0.248 e. The van der Waals surface area contributed by atoms with Crippen LogP contribution in [-0.4, -0.2) is 119 Å². The number of fused-ring (bicyclic) bond motifs is 1. The van der Waals surface area contributed by atoms with Crippen LogP contribution in [0.2, 0.25) is 0 Å². The number of aliphatic hydroxyl groups is 1. The van der Waals surface area contributed by atoms with Crippen molar-refractivity contribution in [3.8, 4) is 5.75 Å². The minimum Gasteiger partial charge on any atom is -0.508 e. The first-order valence-corrected chi connectivity index (χ1v) is 18.5. The molecule has 9 N–H and O–H groups in total. The number of carbonyl (C=O) groups is 7. The van der Waals surface area contributed by atoms with E-state index in [2.05, 4.69) is 31.6 Å². The average molecular weight is 761 g/mol. The minimum absolute atomic E-state index is 0.0274. The number of rotatable bonds is 10. The molecule has 0 aliphatic carbocycles. The van der Waals surface area contributed by atoms with E-state index in [0.717, 1.165) is 0 Å². The van der Waals surface area contributed by atoms with Crippen LogP contribution in [0.5, 0.6) is 5.75 Å². The van der Waals surface area contributed by atoms with E-state index in [1.807, 2.05) is 20.8 Å². The molecule has 1 saturated heterocycles. The van der Waals surface area contributed by atoms with E-state index in [1.54, 1.807) is 26.0 Å². The maximum absolute atomic E-state index is 13.9. The number of amides is 7. The SMILES string of the molecule is CC[C@H](C)[C@@H]1NC(=O)[C@@H](CC[13C](N)=O)NC(=O)CNC(=O)[C@H](Cc2ccc(O)cc2)N=[13CH][C@H](CC(C)C)N[13C](=O)[C@@H]2C[C@H](C)CN2C(=O)[C@H](CO)N[13C]1=O. The van der Waals surface area contributed by atoms with Crippen LogP contribution in [0.4, 0.5) is 0 Å². The van der Waals surface area contributed by atoms with Crippen molar-refractivity contribution < 1.29 is 43.8 Å². The summed E-state index contributed by atoms with van der Waals surface area (Å²) in [6.07, 6.45) is 2.20. The summed E-state index contributed by atoms with van der Waals surface area (Å²) in [6.45, 7) is 8.09. The molecule has 0 spiro atoms. The number of nitrogens with one attached hydrogen (secondary N) is 5. The van der Waals surface area contributed by atoms with Gasteiger partial charge in [-0.25, -0.2) is 0 Å². The first kappa shape index (κ1) is 43.3. The first-order valence-electron chi connectivity index (χ1n) is 18.5. The third-order valence-electron chi connectivity index (χ3n) is 9.61. The molecule has 0 saturated carbocycles. The molecule has 0 aromatic heterocycles. The van der Waals surface area contributed by atoms with E-state index in [1.165, 1.54) is 23.2 Å². The predicted octanol–water partition coefficient (Wildman–Crippen LogP) is -0.970. The van der Waals surface area contributed by atoms with Gasteiger partial charge in [0.2, 0.25) is 41.4 Å². The summed E-state index contributed by atoms with van der Waals surface area (Å²) in [7, 11) is 0. The summed E-state index contributed by atoms with van der Waals surface area (Å²) in [5, 5.41) is 33.3. The van der Waals surface area contributed by atoms with Crippen LogP contribution in [0.25, 0.3) is 0 Å². The van der Waals surface area contributed by atoms with Gasteiger partial charge in [-0.3, -0.25) is 38.6 Å². The van der Waals surface area contributed by atoms with Crippen LogP contribution < -0.4 is 32.3 Å². The summed E-state index contributed by atoms with van der Waals surface area (Å²) >= 11 is 0. The number of phenolic OH excluding ortho intramolecular Hbond substituents is 1. The van der Waals surface area contributed by atoms with E-state index in [0.29, 0.717) is 24.8 Å². The summed E-state index contributed by atoms with van der Waals surface area (Å²) in [5.74, 6) is -5.35. The van der Waals surface area contributed by atoms with Gasteiger partial charge >= 0.3 is 0 Å². The normalized spacial score (nSPS) is 27.2. The second kappa shape index (κ2) is 20.4. The second-order valence-corrected chi connectivity index (χ2v) is 14.7. The lowest BCUT2D eigenvalue weighted by Crippen LogP contribution is -2.60. The lowest BCUT2D eigenvalue weighted by molar-refractivity contribution is -0.143. The number of aliphatic imine (C=N–C) groups is 1. The lowest BCUT2D eigenvalue weighted by atomic mass is 10.0. The van der Waals surface area contributed by atoms with E-state index in [4.69, 9.17) is 5.73 Å². The molecule has 2 heterocycles. The fraction of sp³-hybridized carbons (Fsp3) is 0.622. The van der Waals surface area contributed by atoms with Crippen molar-refractivity contribution in [2.45, 2.75) is 109 Å². The van der Waals surface area contributed by atoms with Crippen molar-refractivity contribution in [1.82, 2.24) is 31.5 Å². The molecule has 2 aliphatic rings. The molecule has 3 rings (SSSR count). The lowest BCUT2D eigenvalue weighted by Gasteiger charge is -2.31. The first-order chi connectivity index (χ1) is 25.5. The Balaban J connectivity index is 2.07. The number of carbonyl (C=O) groups excluding carboxylic acids is 7. The van der Waals surface area contributed by atoms with Gasteiger partial charge in [-0.05, 0) is 54.7 Å². The third kappa shape index (κ3) is 12.8. The molecule has 1 aromatic rings. The van der Waals surface area contributed by atoms with Gasteiger partial charge in [0.15, 0.2) is 0 Å². The largest absolute Gasteiger partial charge is 0.508 e. The molecule has 1 aromatic carbocycles. The molecule has 17 nitrogen and oxygen atoms in total. The van der Waals surface area contributed by atoms with Gasteiger partial charge < -0.3 is 47.4 Å². The van der Waals surface area contributed by atoms with Crippen LogP contribution in [0.1, 0.15) is 72.3 Å². The Hall–Kier alpha value is -5.06. The third-order valence-corrected chi connectivity index (χ3v) is 9.61. The van der Waals surface area contributed by atoms with Crippen molar-refractivity contribution in [2.75, 3.05) is 19.7 Å². The van der Waals surface area contributed by atoms with Gasteiger partial charge in [0.1, 0.15) is 36.0 Å². The number of benzene rings is 1. The Labute approximate surface area is 315 Å². The van der Waals surface area contributed by atoms with Crippen LogP contribution in [-0.2, 0) is 40.0 Å². The molecule has 17 heteroatoms. The number of nitrogens with two attached hydrogens (primary N) is 1. The Kier molecular flexibility index (Phi) is 16.4. The highest BCUT2D eigenvalue weighted by Gasteiger charge is 2.42. The standard InChI is InChI=1S/C37H56N8O9/c1-6-22(5)32-36(53)43-28(19-46)37(54)45-18-21(4)14-29(45)35(52)41-24(13-20(2)3)16-39-27(15-23-7-9-25(47)10-8-23)33(50)40-17-31(49)42-26(34(51)44-32)11-12-30(38)48/h7-10,16,20-22,24,26-29,32,46-47H,6,11-15,17-19H2,1-5H3,(H2,38,48)(H,40,50)(H,41,52)(H,42,49)(H,43,53)(H,44,51)/t21-,22-,24-,26+,27-,28-,29-,32-/m0/s1/i16+1,30+1,35+1,36+1. The smallest absolute Gasteiger partial charge is 0.248 e. The van der Waals surface area contributed by atoms with Gasteiger partial charge in [-0.1, -0.05) is 53.2 Å². The van der Waals surface area contributed by atoms with Crippen molar-refractivity contribution >= 4 is 47.6 Å².